The maximum atomic E-state index is 12.8. The SMILES string of the molecule is CN(C)c1ccc(C(=O)N2CCC(Oc3cccc4c3ccn4C3CCOC3)CC2)nn1. The molecule has 2 aliphatic rings. The molecule has 3 aromatic rings. The molecule has 2 aromatic heterocycles. The van der Waals surface area contributed by atoms with Crippen LogP contribution in [0.15, 0.2) is 42.6 Å². The van der Waals surface area contributed by atoms with E-state index in [2.05, 4.69) is 39.2 Å². The normalized spacial score (nSPS) is 19.4. The zero-order valence-electron chi connectivity index (χ0n) is 18.6. The molecule has 2 aliphatic heterocycles. The third-order valence-corrected chi connectivity index (χ3v) is 6.37. The molecular formula is C24H29N5O3. The van der Waals surface area contributed by atoms with E-state index in [9.17, 15) is 4.79 Å². The van der Waals surface area contributed by atoms with E-state index in [4.69, 9.17) is 9.47 Å². The highest BCUT2D eigenvalue weighted by Gasteiger charge is 2.26. The fourth-order valence-electron chi connectivity index (χ4n) is 4.52. The molecule has 1 amide bonds. The second-order valence-electron chi connectivity index (χ2n) is 8.71. The Hall–Kier alpha value is -3.13. The number of nitrogens with zero attached hydrogens (tertiary/aromatic N) is 5. The lowest BCUT2D eigenvalue weighted by Gasteiger charge is -2.32. The molecular weight excluding hydrogens is 406 g/mol. The molecule has 1 aromatic carbocycles. The minimum absolute atomic E-state index is 0.0702. The van der Waals surface area contributed by atoms with Crippen molar-refractivity contribution in [2.24, 2.45) is 0 Å². The molecule has 8 heteroatoms. The first-order chi connectivity index (χ1) is 15.6. The zero-order chi connectivity index (χ0) is 22.1. The zero-order valence-corrected chi connectivity index (χ0v) is 18.6. The predicted octanol–water partition coefficient (Wildman–Crippen LogP) is 3.14. The summed E-state index contributed by atoms with van der Waals surface area (Å²) in [5.74, 6) is 1.58. The molecule has 0 radical (unpaired) electrons. The van der Waals surface area contributed by atoms with E-state index in [0.29, 0.717) is 24.8 Å². The van der Waals surface area contributed by atoms with Crippen LogP contribution in [0.25, 0.3) is 10.9 Å². The van der Waals surface area contributed by atoms with Gasteiger partial charge in [-0.05, 0) is 36.8 Å². The molecule has 0 saturated carbocycles. The van der Waals surface area contributed by atoms with E-state index >= 15 is 0 Å². The molecule has 1 unspecified atom stereocenters. The topological polar surface area (TPSA) is 72.7 Å². The highest BCUT2D eigenvalue weighted by molar-refractivity contribution is 5.92. The summed E-state index contributed by atoms with van der Waals surface area (Å²) in [6.07, 6.45) is 4.86. The van der Waals surface area contributed by atoms with E-state index in [-0.39, 0.29) is 12.0 Å². The third kappa shape index (κ3) is 4.02. The Labute approximate surface area is 187 Å². The van der Waals surface area contributed by atoms with Crippen molar-refractivity contribution in [3.63, 3.8) is 0 Å². The van der Waals surface area contributed by atoms with Crippen LogP contribution in [-0.4, -0.2) is 72.1 Å². The number of hydrogen-bond acceptors (Lipinski definition) is 6. The van der Waals surface area contributed by atoms with Crippen LogP contribution in [0.4, 0.5) is 5.82 Å². The van der Waals surface area contributed by atoms with E-state index in [1.165, 1.54) is 5.52 Å². The van der Waals surface area contributed by atoms with Crippen LogP contribution < -0.4 is 9.64 Å². The average Bonchev–Trinajstić information content (AvgIpc) is 3.49. The van der Waals surface area contributed by atoms with Crippen LogP contribution in [0, 0.1) is 0 Å². The average molecular weight is 436 g/mol. The number of carbonyl (C=O) groups is 1. The lowest BCUT2D eigenvalue weighted by molar-refractivity contribution is 0.0591. The van der Waals surface area contributed by atoms with E-state index < -0.39 is 0 Å². The fraction of sp³-hybridized carbons (Fsp3) is 0.458. The fourth-order valence-corrected chi connectivity index (χ4v) is 4.52. The van der Waals surface area contributed by atoms with Gasteiger partial charge in [0.25, 0.3) is 5.91 Å². The van der Waals surface area contributed by atoms with Gasteiger partial charge in [-0.2, -0.15) is 0 Å². The number of fused-ring (bicyclic) bond motifs is 1. The maximum Gasteiger partial charge on any atom is 0.274 e. The molecule has 2 saturated heterocycles. The number of likely N-dealkylation sites (tertiary alicyclic amines) is 1. The Morgan fingerprint density at radius 1 is 1.09 bits per heavy atom. The molecule has 0 N–H and O–H groups in total. The Balaban J connectivity index is 1.22. The number of anilines is 1. The van der Waals surface area contributed by atoms with Crippen LogP contribution in [-0.2, 0) is 4.74 Å². The highest BCUT2D eigenvalue weighted by Crippen LogP contribution is 2.32. The van der Waals surface area contributed by atoms with Crippen molar-refractivity contribution in [3.05, 3.63) is 48.3 Å². The summed E-state index contributed by atoms with van der Waals surface area (Å²) in [7, 11) is 3.80. The molecule has 5 rings (SSSR count). The first-order valence-corrected chi connectivity index (χ1v) is 11.2. The predicted molar refractivity (Wildman–Crippen MR) is 122 cm³/mol. The second-order valence-corrected chi connectivity index (χ2v) is 8.71. The van der Waals surface area contributed by atoms with Gasteiger partial charge in [-0.25, -0.2) is 0 Å². The molecule has 32 heavy (non-hydrogen) atoms. The number of piperidine rings is 1. The summed E-state index contributed by atoms with van der Waals surface area (Å²) in [4.78, 5) is 16.5. The van der Waals surface area contributed by atoms with Crippen molar-refractivity contribution >= 4 is 22.6 Å². The van der Waals surface area contributed by atoms with Crippen LogP contribution in [0.1, 0.15) is 35.8 Å². The molecule has 8 nitrogen and oxygen atoms in total. The standard InChI is InChI=1S/C24H29N5O3/c1-27(2)23-7-6-20(25-26-23)24(30)28-12-8-18(9-13-28)32-22-5-3-4-21-19(22)10-14-29(21)17-11-15-31-16-17/h3-7,10,14,17-18H,8-9,11-13,15-16H2,1-2H3. The van der Waals surface area contributed by atoms with Crippen molar-refractivity contribution < 1.29 is 14.3 Å². The number of carbonyl (C=O) groups excluding carboxylic acids is 1. The maximum absolute atomic E-state index is 12.8. The minimum Gasteiger partial charge on any atom is -0.490 e. The molecule has 0 spiro atoms. The molecule has 0 aliphatic carbocycles. The largest absolute Gasteiger partial charge is 0.490 e. The number of hydrogen-bond donors (Lipinski definition) is 0. The summed E-state index contributed by atoms with van der Waals surface area (Å²) in [6.45, 7) is 2.89. The molecule has 2 fully saturated rings. The van der Waals surface area contributed by atoms with Gasteiger partial charge in [0.15, 0.2) is 11.5 Å². The van der Waals surface area contributed by atoms with Gasteiger partial charge in [-0.3, -0.25) is 4.79 Å². The number of ether oxygens (including phenoxy) is 2. The van der Waals surface area contributed by atoms with Crippen molar-refractivity contribution in [1.82, 2.24) is 19.7 Å². The number of aromatic nitrogens is 3. The summed E-state index contributed by atoms with van der Waals surface area (Å²) < 4.78 is 14.3. The Bertz CT molecular complexity index is 1080. The summed E-state index contributed by atoms with van der Waals surface area (Å²) in [6, 6.07) is 12.3. The van der Waals surface area contributed by atoms with Gasteiger partial charge in [0.05, 0.1) is 18.2 Å². The van der Waals surface area contributed by atoms with Crippen LogP contribution in [0.3, 0.4) is 0 Å². The smallest absolute Gasteiger partial charge is 0.274 e. The van der Waals surface area contributed by atoms with Crippen LogP contribution >= 0.6 is 0 Å². The molecule has 168 valence electrons. The quantitative estimate of drug-likeness (QED) is 0.613. The first kappa shape index (κ1) is 20.8. The number of amides is 1. The number of benzene rings is 1. The Morgan fingerprint density at radius 2 is 1.94 bits per heavy atom. The van der Waals surface area contributed by atoms with Crippen molar-refractivity contribution in [2.45, 2.75) is 31.4 Å². The van der Waals surface area contributed by atoms with Crippen LogP contribution in [0.2, 0.25) is 0 Å². The number of rotatable bonds is 5. The van der Waals surface area contributed by atoms with Gasteiger partial charge < -0.3 is 23.8 Å². The van der Waals surface area contributed by atoms with Gasteiger partial charge in [-0.1, -0.05) is 6.07 Å². The van der Waals surface area contributed by atoms with Gasteiger partial charge >= 0.3 is 0 Å². The van der Waals surface area contributed by atoms with Gasteiger partial charge in [0.1, 0.15) is 11.9 Å². The third-order valence-electron chi connectivity index (χ3n) is 6.37. The minimum atomic E-state index is -0.0702. The van der Waals surface area contributed by atoms with Gasteiger partial charge in [0, 0.05) is 58.2 Å². The second kappa shape index (κ2) is 8.78. The van der Waals surface area contributed by atoms with Crippen molar-refractivity contribution in [2.75, 3.05) is 45.3 Å². The van der Waals surface area contributed by atoms with Crippen molar-refractivity contribution in [3.8, 4) is 5.75 Å². The first-order valence-electron chi connectivity index (χ1n) is 11.2. The Kier molecular flexibility index (Phi) is 5.70. The molecule has 4 heterocycles. The van der Waals surface area contributed by atoms with Crippen molar-refractivity contribution in [1.29, 1.82) is 0 Å². The van der Waals surface area contributed by atoms with Gasteiger partial charge in [0.2, 0.25) is 0 Å². The van der Waals surface area contributed by atoms with Crippen LogP contribution in [0.5, 0.6) is 5.75 Å². The lowest BCUT2D eigenvalue weighted by Crippen LogP contribution is -2.42. The van der Waals surface area contributed by atoms with Gasteiger partial charge in [-0.15, -0.1) is 10.2 Å². The summed E-state index contributed by atoms with van der Waals surface area (Å²) in [5.41, 5.74) is 1.57. The highest BCUT2D eigenvalue weighted by atomic mass is 16.5. The Morgan fingerprint density at radius 3 is 2.62 bits per heavy atom. The van der Waals surface area contributed by atoms with E-state index in [1.54, 1.807) is 6.07 Å². The lowest BCUT2D eigenvalue weighted by atomic mass is 10.1. The van der Waals surface area contributed by atoms with E-state index in [0.717, 1.165) is 49.4 Å². The molecule has 0 bridgehead atoms. The monoisotopic (exact) mass is 435 g/mol. The summed E-state index contributed by atoms with van der Waals surface area (Å²) >= 11 is 0. The molecule has 1 atom stereocenters. The summed E-state index contributed by atoms with van der Waals surface area (Å²) in [5, 5.41) is 9.36. The van der Waals surface area contributed by atoms with E-state index in [1.807, 2.05) is 36.0 Å².